The molecule has 0 aromatic heterocycles. The molecule has 0 radical (unpaired) electrons. The molecule has 0 aromatic carbocycles. The van der Waals surface area contributed by atoms with Gasteiger partial charge in [0.15, 0.2) is 0 Å². The van der Waals surface area contributed by atoms with Crippen molar-refractivity contribution < 1.29 is 13.2 Å². The number of hydrogen-bond acceptors (Lipinski definition) is 4. The van der Waals surface area contributed by atoms with Crippen LogP contribution in [0.2, 0.25) is 0 Å². The Balaban J connectivity index is 2.82. The highest BCUT2D eigenvalue weighted by Gasteiger charge is 2.37. The summed E-state index contributed by atoms with van der Waals surface area (Å²) in [6.07, 6.45) is 5.18. The summed E-state index contributed by atoms with van der Waals surface area (Å²) in [6.45, 7) is 7.05. The number of rotatable bonds is 7. The Kier molecular flexibility index (Phi) is 6.95. The normalized spacial score (nSPS) is 27.5. The Labute approximate surface area is 124 Å². The van der Waals surface area contributed by atoms with Crippen LogP contribution in [-0.2, 0) is 14.6 Å². The molecule has 0 spiro atoms. The third-order valence-corrected chi connectivity index (χ3v) is 6.12. The summed E-state index contributed by atoms with van der Waals surface area (Å²) in [5.74, 6) is 0.804. The monoisotopic (exact) mass is 305 g/mol. The first-order valence-electron chi connectivity index (χ1n) is 7.79. The zero-order valence-electron chi connectivity index (χ0n) is 13.6. The summed E-state index contributed by atoms with van der Waals surface area (Å²) in [7, 11) is -0.966. The molecule has 5 heteroatoms. The van der Waals surface area contributed by atoms with Crippen molar-refractivity contribution in [2.45, 2.75) is 63.9 Å². The van der Waals surface area contributed by atoms with E-state index in [-0.39, 0.29) is 17.4 Å². The van der Waals surface area contributed by atoms with Gasteiger partial charge >= 0.3 is 0 Å². The number of sulfone groups is 1. The average Bonchev–Trinajstić information content (AvgIpc) is 2.38. The maximum Gasteiger partial charge on any atom is 0.150 e. The van der Waals surface area contributed by atoms with E-state index in [9.17, 15) is 8.42 Å². The minimum Gasteiger partial charge on any atom is -0.377 e. The summed E-state index contributed by atoms with van der Waals surface area (Å²) >= 11 is 0. The maximum absolute atomic E-state index is 11.8. The molecule has 0 saturated heterocycles. The zero-order valence-corrected chi connectivity index (χ0v) is 14.4. The summed E-state index contributed by atoms with van der Waals surface area (Å²) in [4.78, 5) is 0. The molecule has 0 amide bonds. The Hall–Kier alpha value is -0.130. The smallest absolute Gasteiger partial charge is 0.150 e. The van der Waals surface area contributed by atoms with Crippen molar-refractivity contribution in [3.63, 3.8) is 0 Å². The van der Waals surface area contributed by atoms with Gasteiger partial charge in [-0.15, -0.1) is 0 Å². The van der Waals surface area contributed by atoms with Crippen LogP contribution in [0, 0.1) is 11.8 Å². The van der Waals surface area contributed by atoms with E-state index >= 15 is 0 Å². The minimum atomic E-state index is -2.93. The van der Waals surface area contributed by atoms with Gasteiger partial charge in [0.1, 0.15) is 9.84 Å². The first-order valence-corrected chi connectivity index (χ1v) is 9.74. The van der Waals surface area contributed by atoms with Crippen LogP contribution in [0.5, 0.6) is 0 Å². The maximum atomic E-state index is 11.8. The molecule has 4 nitrogen and oxygen atoms in total. The zero-order chi connectivity index (χ0) is 15.3. The molecular formula is C15H31NO3S. The molecule has 0 aliphatic heterocycles. The number of likely N-dealkylation sites (N-methyl/N-ethyl adjacent to an activating group) is 1. The van der Waals surface area contributed by atoms with Gasteiger partial charge in [0, 0.05) is 18.9 Å². The first kappa shape index (κ1) is 17.9. The molecule has 1 rings (SSSR count). The predicted octanol–water partition coefficient (Wildman–Crippen LogP) is 2.24. The largest absolute Gasteiger partial charge is 0.377 e. The lowest BCUT2D eigenvalue weighted by Gasteiger charge is -2.39. The van der Waals surface area contributed by atoms with Crippen LogP contribution in [-0.4, -0.2) is 45.7 Å². The average molecular weight is 305 g/mol. The van der Waals surface area contributed by atoms with E-state index < -0.39 is 9.84 Å². The van der Waals surface area contributed by atoms with Crippen molar-refractivity contribution in [1.82, 2.24) is 5.32 Å². The van der Waals surface area contributed by atoms with Crippen LogP contribution in [0.15, 0.2) is 0 Å². The SMILES string of the molecule is CCOC(C(C)C)C(NC)C1CCCC(S(C)(=O)=O)C1. The third kappa shape index (κ3) is 4.71. The Morgan fingerprint density at radius 3 is 2.40 bits per heavy atom. The van der Waals surface area contributed by atoms with Gasteiger partial charge in [-0.05, 0) is 45.1 Å². The van der Waals surface area contributed by atoms with Gasteiger partial charge in [0.2, 0.25) is 0 Å². The third-order valence-electron chi connectivity index (χ3n) is 4.48. The van der Waals surface area contributed by atoms with Gasteiger partial charge in [0.05, 0.1) is 11.4 Å². The minimum absolute atomic E-state index is 0.147. The van der Waals surface area contributed by atoms with Gasteiger partial charge in [-0.25, -0.2) is 8.42 Å². The van der Waals surface area contributed by atoms with E-state index in [0.717, 1.165) is 25.7 Å². The van der Waals surface area contributed by atoms with Crippen LogP contribution in [0.25, 0.3) is 0 Å². The van der Waals surface area contributed by atoms with Crippen LogP contribution < -0.4 is 5.32 Å². The lowest BCUT2D eigenvalue weighted by molar-refractivity contribution is -0.0144. The molecule has 1 fully saturated rings. The lowest BCUT2D eigenvalue weighted by atomic mass is 9.79. The van der Waals surface area contributed by atoms with Crippen molar-refractivity contribution in [2.24, 2.45) is 11.8 Å². The molecular weight excluding hydrogens is 274 g/mol. The van der Waals surface area contributed by atoms with Gasteiger partial charge < -0.3 is 10.1 Å². The van der Waals surface area contributed by atoms with Crippen LogP contribution in [0.1, 0.15) is 46.5 Å². The summed E-state index contributed by atoms with van der Waals surface area (Å²) in [5, 5.41) is 3.22. The van der Waals surface area contributed by atoms with Crippen LogP contribution >= 0.6 is 0 Å². The van der Waals surface area contributed by atoms with E-state index in [0.29, 0.717) is 18.4 Å². The quantitative estimate of drug-likeness (QED) is 0.784. The molecule has 1 aliphatic rings. The van der Waals surface area contributed by atoms with Crippen LogP contribution in [0.4, 0.5) is 0 Å². The molecule has 1 saturated carbocycles. The molecule has 120 valence electrons. The highest BCUT2D eigenvalue weighted by atomic mass is 32.2. The summed E-state index contributed by atoms with van der Waals surface area (Å²) in [6, 6.07) is 0.236. The second-order valence-corrected chi connectivity index (χ2v) is 8.68. The fraction of sp³-hybridized carbons (Fsp3) is 1.00. The Morgan fingerprint density at radius 1 is 1.30 bits per heavy atom. The van der Waals surface area contributed by atoms with E-state index in [1.54, 1.807) is 0 Å². The van der Waals surface area contributed by atoms with E-state index in [4.69, 9.17) is 4.74 Å². The van der Waals surface area contributed by atoms with Gasteiger partial charge in [-0.2, -0.15) is 0 Å². The Bertz CT molecular complexity index is 381. The number of nitrogens with one attached hydrogen (secondary N) is 1. The molecule has 0 bridgehead atoms. The highest BCUT2D eigenvalue weighted by Crippen LogP contribution is 2.33. The van der Waals surface area contributed by atoms with Gasteiger partial charge in [0.25, 0.3) is 0 Å². The lowest BCUT2D eigenvalue weighted by Crippen LogP contribution is -2.49. The Morgan fingerprint density at radius 2 is 1.95 bits per heavy atom. The molecule has 1 N–H and O–H groups in total. The van der Waals surface area contributed by atoms with Crippen molar-refractivity contribution in [3.05, 3.63) is 0 Å². The van der Waals surface area contributed by atoms with Crippen molar-refractivity contribution in [2.75, 3.05) is 19.9 Å². The van der Waals surface area contributed by atoms with E-state index in [2.05, 4.69) is 19.2 Å². The second-order valence-electron chi connectivity index (χ2n) is 6.36. The van der Waals surface area contributed by atoms with Crippen LogP contribution in [0.3, 0.4) is 0 Å². The molecule has 0 heterocycles. The number of ether oxygens (including phenoxy) is 1. The molecule has 4 unspecified atom stereocenters. The fourth-order valence-corrected chi connectivity index (χ4v) is 4.66. The van der Waals surface area contributed by atoms with Crippen molar-refractivity contribution in [3.8, 4) is 0 Å². The fourth-order valence-electron chi connectivity index (χ4n) is 3.47. The molecule has 4 atom stereocenters. The molecule has 0 aromatic rings. The second kappa shape index (κ2) is 7.76. The van der Waals surface area contributed by atoms with Crippen molar-refractivity contribution >= 4 is 9.84 Å². The summed E-state index contributed by atoms with van der Waals surface area (Å²) < 4.78 is 29.6. The van der Waals surface area contributed by atoms with Gasteiger partial charge in [-0.3, -0.25) is 0 Å². The first-order chi connectivity index (χ1) is 9.31. The standard InChI is InChI=1S/C15H31NO3S/c1-6-19-15(11(2)3)14(16-4)12-8-7-9-13(10-12)20(5,17)18/h11-16H,6-10H2,1-5H3. The molecule has 20 heavy (non-hydrogen) atoms. The van der Waals surface area contributed by atoms with Crippen molar-refractivity contribution in [1.29, 1.82) is 0 Å². The predicted molar refractivity (Wildman–Crippen MR) is 83.7 cm³/mol. The summed E-state index contributed by atoms with van der Waals surface area (Å²) in [5.41, 5.74) is 0. The van der Waals surface area contributed by atoms with E-state index in [1.165, 1.54) is 6.26 Å². The topological polar surface area (TPSA) is 55.4 Å². The molecule has 1 aliphatic carbocycles. The number of hydrogen-bond donors (Lipinski definition) is 1. The van der Waals surface area contributed by atoms with E-state index in [1.807, 2.05) is 14.0 Å². The highest BCUT2D eigenvalue weighted by molar-refractivity contribution is 7.91. The van der Waals surface area contributed by atoms with Gasteiger partial charge in [-0.1, -0.05) is 20.3 Å².